The zero-order chi connectivity index (χ0) is 12.8. The molecule has 0 amide bonds. The number of hydrogen-bond donors (Lipinski definition) is 1. The third-order valence-electron chi connectivity index (χ3n) is 3.44. The van der Waals surface area contributed by atoms with Crippen LogP contribution in [-0.4, -0.2) is 36.2 Å². The molecule has 1 N–H and O–H groups in total. The van der Waals surface area contributed by atoms with Crippen LogP contribution < -0.4 is 0 Å². The number of aliphatic hydroxyl groups excluding tert-OH is 1. The van der Waals surface area contributed by atoms with Gasteiger partial charge in [-0.25, -0.2) is 0 Å². The van der Waals surface area contributed by atoms with E-state index < -0.39 is 0 Å². The lowest BCUT2D eigenvalue weighted by molar-refractivity contribution is 0.203. The molecule has 96 valence electrons. The van der Waals surface area contributed by atoms with Crippen molar-refractivity contribution in [3.8, 4) is 0 Å². The highest BCUT2D eigenvalue weighted by molar-refractivity contribution is 5.85. The zero-order valence-electron chi connectivity index (χ0n) is 11.0. The molecule has 0 bridgehead atoms. The lowest BCUT2D eigenvalue weighted by Crippen LogP contribution is -2.28. The van der Waals surface area contributed by atoms with Crippen LogP contribution in [-0.2, 0) is 6.42 Å². The van der Waals surface area contributed by atoms with Crippen LogP contribution in [0.1, 0.15) is 12.5 Å². The molecule has 18 heavy (non-hydrogen) atoms. The van der Waals surface area contributed by atoms with Crippen molar-refractivity contribution in [3.05, 3.63) is 48.0 Å². The maximum Gasteiger partial charge on any atom is 0.0558 e. The molecule has 0 spiro atoms. The summed E-state index contributed by atoms with van der Waals surface area (Å²) in [6, 6.07) is 15.0. The Hall–Kier alpha value is -1.38. The van der Waals surface area contributed by atoms with E-state index in [1.807, 2.05) is 0 Å². The summed E-state index contributed by atoms with van der Waals surface area (Å²) >= 11 is 0. The molecular weight excluding hydrogens is 222 g/mol. The van der Waals surface area contributed by atoms with E-state index in [0.29, 0.717) is 0 Å². The van der Waals surface area contributed by atoms with Gasteiger partial charge in [0, 0.05) is 13.1 Å². The van der Waals surface area contributed by atoms with Crippen molar-refractivity contribution in [2.75, 3.05) is 26.2 Å². The molecule has 2 heteroatoms. The molecule has 2 aromatic carbocycles. The molecule has 2 rings (SSSR count). The first-order chi connectivity index (χ1) is 8.85. The van der Waals surface area contributed by atoms with Gasteiger partial charge < -0.3 is 10.0 Å². The number of fused-ring (bicyclic) bond motifs is 1. The van der Waals surface area contributed by atoms with E-state index in [1.54, 1.807) is 0 Å². The molecule has 0 aromatic heterocycles. The van der Waals surface area contributed by atoms with Gasteiger partial charge in [-0.1, -0.05) is 49.4 Å². The Bertz CT molecular complexity index is 490. The van der Waals surface area contributed by atoms with E-state index in [0.717, 1.165) is 26.1 Å². The van der Waals surface area contributed by atoms with Gasteiger partial charge in [0.15, 0.2) is 0 Å². The van der Waals surface area contributed by atoms with Crippen molar-refractivity contribution in [2.24, 2.45) is 0 Å². The largest absolute Gasteiger partial charge is 0.395 e. The van der Waals surface area contributed by atoms with Gasteiger partial charge in [0.1, 0.15) is 0 Å². The van der Waals surface area contributed by atoms with Gasteiger partial charge in [-0.15, -0.1) is 0 Å². The van der Waals surface area contributed by atoms with Crippen LogP contribution in [0.3, 0.4) is 0 Å². The Morgan fingerprint density at radius 2 is 1.78 bits per heavy atom. The summed E-state index contributed by atoms with van der Waals surface area (Å²) in [4.78, 5) is 2.28. The minimum Gasteiger partial charge on any atom is -0.395 e. The van der Waals surface area contributed by atoms with Crippen molar-refractivity contribution in [1.82, 2.24) is 4.90 Å². The zero-order valence-corrected chi connectivity index (χ0v) is 11.0. The second-order valence-corrected chi connectivity index (χ2v) is 4.55. The summed E-state index contributed by atoms with van der Waals surface area (Å²) in [7, 11) is 0. The van der Waals surface area contributed by atoms with E-state index in [4.69, 9.17) is 5.11 Å². The molecule has 0 saturated heterocycles. The molecule has 2 aromatic rings. The standard InChI is InChI=1S/C16H21NO/c1-2-17(12-13-18)11-10-15-8-5-7-14-6-3-4-9-16(14)15/h3-9,18H,2,10-13H2,1H3. The number of nitrogens with zero attached hydrogens (tertiary/aromatic N) is 1. The molecule has 0 heterocycles. The van der Waals surface area contributed by atoms with Gasteiger partial charge in [0.2, 0.25) is 0 Å². The highest BCUT2D eigenvalue weighted by atomic mass is 16.3. The predicted octanol–water partition coefficient (Wildman–Crippen LogP) is 2.70. The van der Waals surface area contributed by atoms with Gasteiger partial charge >= 0.3 is 0 Å². The minimum atomic E-state index is 0.239. The fraction of sp³-hybridized carbons (Fsp3) is 0.375. The Morgan fingerprint density at radius 3 is 2.56 bits per heavy atom. The molecule has 0 unspecified atom stereocenters. The van der Waals surface area contributed by atoms with E-state index in [9.17, 15) is 0 Å². The number of benzene rings is 2. The lowest BCUT2D eigenvalue weighted by Gasteiger charge is -2.19. The first-order valence-corrected chi connectivity index (χ1v) is 6.65. The van der Waals surface area contributed by atoms with Crippen LogP contribution in [0, 0.1) is 0 Å². The van der Waals surface area contributed by atoms with Crippen LogP contribution in [0.25, 0.3) is 10.8 Å². The highest BCUT2D eigenvalue weighted by Crippen LogP contribution is 2.19. The fourth-order valence-corrected chi connectivity index (χ4v) is 2.36. The van der Waals surface area contributed by atoms with E-state index in [-0.39, 0.29) is 6.61 Å². The van der Waals surface area contributed by atoms with E-state index in [1.165, 1.54) is 16.3 Å². The van der Waals surface area contributed by atoms with Crippen LogP contribution in [0.4, 0.5) is 0 Å². The predicted molar refractivity (Wildman–Crippen MR) is 76.9 cm³/mol. The van der Waals surface area contributed by atoms with E-state index in [2.05, 4.69) is 54.3 Å². The van der Waals surface area contributed by atoms with Gasteiger partial charge in [0.25, 0.3) is 0 Å². The van der Waals surface area contributed by atoms with Crippen molar-refractivity contribution in [1.29, 1.82) is 0 Å². The van der Waals surface area contributed by atoms with Crippen LogP contribution in [0.15, 0.2) is 42.5 Å². The maximum absolute atomic E-state index is 9.00. The quantitative estimate of drug-likeness (QED) is 0.843. The maximum atomic E-state index is 9.00. The first-order valence-electron chi connectivity index (χ1n) is 6.65. The Labute approximate surface area is 109 Å². The molecule has 2 nitrogen and oxygen atoms in total. The summed E-state index contributed by atoms with van der Waals surface area (Å²) in [6.07, 6.45) is 1.04. The Morgan fingerprint density at radius 1 is 1.00 bits per heavy atom. The highest BCUT2D eigenvalue weighted by Gasteiger charge is 2.04. The second-order valence-electron chi connectivity index (χ2n) is 4.55. The smallest absolute Gasteiger partial charge is 0.0558 e. The molecule has 0 radical (unpaired) electrons. The van der Waals surface area contributed by atoms with Gasteiger partial charge in [0.05, 0.1) is 6.61 Å². The third-order valence-corrected chi connectivity index (χ3v) is 3.44. The topological polar surface area (TPSA) is 23.5 Å². The number of rotatable bonds is 6. The average molecular weight is 243 g/mol. The molecule has 0 aliphatic rings. The van der Waals surface area contributed by atoms with Crippen molar-refractivity contribution in [2.45, 2.75) is 13.3 Å². The summed E-state index contributed by atoms with van der Waals surface area (Å²) in [6.45, 7) is 5.14. The van der Waals surface area contributed by atoms with Crippen LogP contribution in [0.2, 0.25) is 0 Å². The average Bonchev–Trinajstić information content (AvgIpc) is 2.43. The summed E-state index contributed by atoms with van der Waals surface area (Å²) in [5, 5.41) is 11.6. The Kier molecular flexibility index (Phi) is 4.73. The molecule has 0 aliphatic carbocycles. The monoisotopic (exact) mass is 243 g/mol. The van der Waals surface area contributed by atoms with Crippen molar-refractivity contribution in [3.63, 3.8) is 0 Å². The first kappa shape index (κ1) is 13.1. The van der Waals surface area contributed by atoms with Gasteiger partial charge in [-0.2, -0.15) is 0 Å². The molecule has 0 fully saturated rings. The fourth-order valence-electron chi connectivity index (χ4n) is 2.36. The summed E-state index contributed by atoms with van der Waals surface area (Å²) in [5.41, 5.74) is 1.39. The molecule has 0 saturated carbocycles. The van der Waals surface area contributed by atoms with Crippen LogP contribution in [0.5, 0.6) is 0 Å². The lowest BCUT2D eigenvalue weighted by atomic mass is 10.0. The Balaban J connectivity index is 2.11. The van der Waals surface area contributed by atoms with E-state index >= 15 is 0 Å². The third kappa shape index (κ3) is 3.09. The van der Waals surface area contributed by atoms with Crippen LogP contribution >= 0.6 is 0 Å². The number of hydrogen-bond acceptors (Lipinski definition) is 2. The normalized spacial score (nSPS) is 11.3. The SMILES string of the molecule is CCN(CCO)CCc1cccc2ccccc12. The molecule has 0 aliphatic heterocycles. The summed E-state index contributed by atoms with van der Waals surface area (Å²) in [5.74, 6) is 0. The molecule has 0 atom stereocenters. The number of likely N-dealkylation sites (N-methyl/N-ethyl adjacent to an activating group) is 1. The van der Waals surface area contributed by atoms with Crippen molar-refractivity contribution >= 4 is 10.8 Å². The second kappa shape index (κ2) is 6.53. The minimum absolute atomic E-state index is 0.239. The molecular formula is C16H21NO. The number of aliphatic hydroxyl groups is 1. The van der Waals surface area contributed by atoms with Crippen molar-refractivity contribution < 1.29 is 5.11 Å². The van der Waals surface area contributed by atoms with Gasteiger partial charge in [-0.05, 0) is 29.3 Å². The van der Waals surface area contributed by atoms with Gasteiger partial charge in [-0.3, -0.25) is 0 Å². The summed E-state index contributed by atoms with van der Waals surface area (Å²) < 4.78 is 0.